The van der Waals surface area contributed by atoms with E-state index in [1.54, 1.807) is 27.0 Å². The van der Waals surface area contributed by atoms with Crippen molar-refractivity contribution in [3.8, 4) is 11.4 Å². The Bertz CT molecular complexity index is 1460. The SMILES string of the molecule is CCc1nn(-c2cc(O[C@@H](C)c3ccccc3)c(C(=O)Nc3c(C)cccc3F)cc2F)c(=O)n1C. The molecular weight excluding hydrogens is 466 g/mol. The predicted octanol–water partition coefficient (Wildman–Crippen LogP) is 5.11. The molecule has 0 spiro atoms. The molecule has 0 saturated carbocycles. The molecule has 7 nitrogen and oxygen atoms in total. The quantitative estimate of drug-likeness (QED) is 0.389. The molecule has 9 heteroatoms. The zero-order valence-corrected chi connectivity index (χ0v) is 20.4. The lowest BCUT2D eigenvalue weighted by Crippen LogP contribution is -2.23. The van der Waals surface area contributed by atoms with Crippen LogP contribution in [0.25, 0.3) is 5.69 Å². The van der Waals surface area contributed by atoms with Crippen LogP contribution >= 0.6 is 0 Å². The molecule has 1 heterocycles. The fourth-order valence-corrected chi connectivity index (χ4v) is 3.88. The summed E-state index contributed by atoms with van der Waals surface area (Å²) in [7, 11) is 1.55. The second-order valence-corrected chi connectivity index (χ2v) is 8.38. The predicted molar refractivity (Wildman–Crippen MR) is 133 cm³/mol. The van der Waals surface area contributed by atoms with Crippen molar-refractivity contribution < 1.29 is 18.3 Å². The van der Waals surface area contributed by atoms with E-state index in [0.717, 1.165) is 16.3 Å². The minimum Gasteiger partial charge on any atom is -0.485 e. The lowest BCUT2D eigenvalue weighted by atomic mass is 10.1. The van der Waals surface area contributed by atoms with Crippen molar-refractivity contribution in [1.29, 1.82) is 0 Å². The standard InChI is InChI=1S/C27H26F2N4O3/c1-5-24-31-33(27(35)32(24)4)22-15-23(36-17(3)18-11-7-6-8-12-18)19(14-21(22)29)26(34)30-25-16(2)10-9-13-20(25)28/h6-15,17H,5H2,1-4H3,(H,30,34)/t17-/m0/s1. The van der Waals surface area contributed by atoms with Gasteiger partial charge >= 0.3 is 5.69 Å². The lowest BCUT2D eigenvalue weighted by Gasteiger charge is -2.19. The molecule has 0 unspecified atom stereocenters. The topological polar surface area (TPSA) is 78.2 Å². The van der Waals surface area contributed by atoms with E-state index in [1.807, 2.05) is 37.3 Å². The Hall–Kier alpha value is -4.27. The average molecular weight is 493 g/mol. The van der Waals surface area contributed by atoms with Crippen LogP contribution < -0.4 is 15.7 Å². The zero-order valence-electron chi connectivity index (χ0n) is 20.4. The van der Waals surface area contributed by atoms with Crippen LogP contribution in [0.15, 0.2) is 65.5 Å². The smallest absolute Gasteiger partial charge is 0.350 e. The molecule has 0 radical (unpaired) electrons. The number of aromatic nitrogens is 3. The number of hydrogen-bond donors (Lipinski definition) is 1. The number of ether oxygens (including phenoxy) is 1. The highest BCUT2D eigenvalue weighted by molar-refractivity contribution is 6.06. The molecule has 3 aromatic carbocycles. The first-order valence-corrected chi connectivity index (χ1v) is 11.5. The van der Waals surface area contributed by atoms with Gasteiger partial charge in [-0.1, -0.05) is 49.4 Å². The Morgan fingerprint density at radius 1 is 1.08 bits per heavy atom. The van der Waals surface area contributed by atoms with Crippen molar-refractivity contribution in [2.45, 2.75) is 33.3 Å². The maximum atomic E-state index is 15.3. The third-order valence-corrected chi connectivity index (χ3v) is 5.94. The summed E-state index contributed by atoms with van der Waals surface area (Å²) in [6, 6.07) is 15.9. The Morgan fingerprint density at radius 3 is 2.44 bits per heavy atom. The molecule has 36 heavy (non-hydrogen) atoms. The van der Waals surface area contributed by atoms with Gasteiger partial charge in [-0.15, -0.1) is 5.10 Å². The highest BCUT2D eigenvalue weighted by Gasteiger charge is 2.23. The summed E-state index contributed by atoms with van der Waals surface area (Å²) in [5.41, 5.74) is 0.468. The Balaban J connectivity index is 1.82. The van der Waals surface area contributed by atoms with Crippen molar-refractivity contribution in [3.05, 3.63) is 105 Å². The van der Waals surface area contributed by atoms with Crippen LogP contribution in [-0.4, -0.2) is 20.3 Å². The molecule has 0 aliphatic carbocycles. The van der Waals surface area contributed by atoms with Gasteiger partial charge in [0.1, 0.15) is 35.0 Å². The van der Waals surface area contributed by atoms with Gasteiger partial charge in [0.15, 0.2) is 0 Å². The fourth-order valence-electron chi connectivity index (χ4n) is 3.88. The first kappa shape index (κ1) is 24.8. The Labute approximate surface area is 207 Å². The third-order valence-electron chi connectivity index (χ3n) is 5.94. The number of aryl methyl sites for hydroxylation is 2. The van der Waals surface area contributed by atoms with E-state index in [-0.39, 0.29) is 22.7 Å². The summed E-state index contributed by atoms with van der Waals surface area (Å²) in [6.07, 6.45) is -0.0463. The Kier molecular flexibility index (Phi) is 7.00. The Morgan fingerprint density at radius 2 is 1.81 bits per heavy atom. The number of anilines is 1. The van der Waals surface area contributed by atoms with Gasteiger partial charge in [-0.3, -0.25) is 9.36 Å². The number of halogens is 2. The van der Waals surface area contributed by atoms with Gasteiger partial charge in [-0.2, -0.15) is 4.68 Å². The van der Waals surface area contributed by atoms with Gasteiger partial charge in [0.2, 0.25) is 0 Å². The highest BCUT2D eigenvalue weighted by Crippen LogP contribution is 2.31. The van der Waals surface area contributed by atoms with Crippen LogP contribution in [0.2, 0.25) is 0 Å². The van der Waals surface area contributed by atoms with Gasteiger partial charge in [0, 0.05) is 19.5 Å². The van der Waals surface area contributed by atoms with E-state index in [0.29, 0.717) is 17.8 Å². The molecule has 1 atom stereocenters. The number of rotatable bonds is 7. The molecule has 0 fully saturated rings. The molecule has 186 valence electrons. The molecule has 1 N–H and O–H groups in total. The first-order chi connectivity index (χ1) is 17.2. The van der Waals surface area contributed by atoms with Crippen LogP contribution in [0.3, 0.4) is 0 Å². The van der Waals surface area contributed by atoms with Crippen LogP contribution in [0.1, 0.15) is 47.3 Å². The molecule has 0 bridgehead atoms. The summed E-state index contributed by atoms with van der Waals surface area (Å²) in [4.78, 5) is 25.9. The number of benzene rings is 3. The normalized spacial score (nSPS) is 11.8. The lowest BCUT2D eigenvalue weighted by molar-refractivity contribution is 0.101. The van der Waals surface area contributed by atoms with Crippen LogP contribution in [0, 0.1) is 18.6 Å². The van der Waals surface area contributed by atoms with Gasteiger partial charge < -0.3 is 10.1 Å². The number of amides is 1. The second-order valence-electron chi connectivity index (χ2n) is 8.38. The minimum atomic E-state index is -0.854. The minimum absolute atomic E-state index is 0.0115. The third kappa shape index (κ3) is 4.77. The summed E-state index contributed by atoms with van der Waals surface area (Å²) >= 11 is 0. The van der Waals surface area contributed by atoms with E-state index in [1.165, 1.54) is 22.8 Å². The first-order valence-electron chi connectivity index (χ1n) is 11.5. The van der Waals surface area contributed by atoms with Gasteiger partial charge in [-0.25, -0.2) is 13.6 Å². The summed E-state index contributed by atoms with van der Waals surface area (Å²) in [5, 5.41) is 6.74. The van der Waals surface area contributed by atoms with Crippen molar-refractivity contribution in [2.75, 3.05) is 5.32 Å². The summed E-state index contributed by atoms with van der Waals surface area (Å²) in [5.74, 6) is -1.74. The van der Waals surface area contributed by atoms with Crippen molar-refractivity contribution in [3.63, 3.8) is 0 Å². The van der Waals surface area contributed by atoms with Crippen molar-refractivity contribution in [1.82, 2.24) is 14.3 Å². The van der Waals surface area contributed by atoms with Gasteiger partial charge in [-0.05, 0) is 37.1 Å². The average Bonchev–Trinajstić information content (AvgIpc) is 3.16. The van der Waals surface area contributed by atoms with E-state index in [9.17, 15) is 14.0 Å². The molecule has 4 aromatic rings. The number of hydrogen-bond acceptors (Lipinski definition) is 4. The van der Waals surface area contributed by atoms with Crippen molar-refractivity contribution in [2.24, 2.45) is 7.05 Å². The maximum absolute atomic E-state index is 15.3. The summed E-state index contributed by atoms with van der Waals surface area (Å²) in [6.45, 7) is 5.26. The van der Waals surface area contributed by atoms with Crippen LogP contribution in [0.4, 0.5) is 14.5 Å². The number of nitrogens with one attached hydrogen (secondary N) is 1. The molecule has 0 aliphatic heterocycles. The van der Waals surface area contributed by atoms with E-state index < -0.39 is 29.3 Å². The molecule has 4 rings (SSSR count). The summed E-state index contributed by atoms with van der Waals surface area (Å²) < 4.78 is 38.1. The monoisotopic (exact) mass is 492 g/mol. The molecule has 0 saturated heterocycles. The largest absolute Gasteiger partial charge is 0.485 e. The number of nitrogens with zero attached hydrogens (tertiary/aromatic N) is 3. The van der Waals surface area contributed by atoms with Gasteiger partial charge in [0.05, 0.1) is 11.3 Å². The number of para-hydroxylation sites is 1. The number of carbonyl (C=O) groups is 1. The van der Waals surface area contributed by atoms with E-state index in [4.69, 9.17) is 4.74 Å². The van der Waals surface area contributed by atoms with E-state index in [2.05, 4.69) is 10.4 Å². The zero-order chi connectivity index (χ0) is 26.0. The van der Waals surface area contributed by atoms with Crippen LogP contribution in [0.5, 0.6) is 5.75 Å². The van der Waals surface area contributed by atoms with Crippen LogP contribution in [-0.2, 0) is 13.5 Å². The molecular formula is C27H26F2N4O3. The van der Waals surface area contributed by atoms with E-state index >= 15 is 4.39 Å². The van der Waals surface area contributed by atoms with Crippen molar-refractivity contribution >= 4 is 11.6 Å². The molecule has 1 amide bonds. The second kappa shape index (κ2) is 10.2. The highest BCUT2D eigenvalue weighted by atomic mass is 19.1. The molecule has 0 aliphatic rings. The van der Waals surface area contributed by atoms with Gasteiger partial charge in [0.25, 0.3) is 5.91 Å². The maximum Gasteiger partial charge on any atom is 0.350 e. The number of carbonyl (C=O) groups excluding carboxylic acids is 1. The fraction of sp³-hybridized carbons (Fsp3) is 0.222. The molecule has 1 aromatic heterocycles.